The second-order valence-corrected chi connectivity index (χ2v) is 7.06. The lowest BCUT2D eigenvalue weighted by molar-refractivity contribution is -0.126. The van der Waals surface area contributed by atoms with Gasteiger partial charge in [0.25, 0.3) is 0 Å². The van der Waals surface area contributed by atoms with Gasteiger partial charge in [0, 0.05) is 7.11 Å². The van der Waals surface area contributed by atoms with Crippen molar-refractivity contribution < 1.29 is 14.6 Å². The van der Waals surface area contributed by atoms with E-state index in [2.05, 4.69) is 23.5 Å². The van der Waals surface area contributed by atoms with Gasteiger partial charge in [0.05, 0.1) is 24.7 Å². The van der Waals surface area contributed by atoms with Gasteiger partial charge in [-0.1, -0.05) is 49.4 Å². The number of hydrogen-bond donors (Lipinski definition) is 2. The number of amides is 1. The smallest absolute Gasteiger partial charge is 0.230 e. The van der Waals surface area contributed by atoms with E-state index in [1.807, 2.05) is 51.1 Å². The first-order valence-electron chi connectivity index (χ1n) is 9.03. The molecule has 1 amide bonds. The SMILES string of the molecule is CC[C@@H](CO)NC(=O)C(C)(C)c1ccc(-c2ccccc2)cc1COC. The summed E-state index contributed by atoms with van der Waals surface area (Å²) in [5.74, 6) is -0.0942. The Labute approximate surface area is 156 Å². The molecule has 0 aliphatic rings. The fourth-order valence-electron chi connectivity index (χ4n) is 3.05. The zero-order valence-corrected chi connectivity index (χ0v) is 16.1. The van der Waals surface area contributed by atoms with Gasteiger partial charge in [-0.2, -0.15) is 0 Å². The molecule has 2 N–H and O–H groups in total. The van der Waals surface area contributed by atoms with Gasteiger partial charge >= 0.3 is 0 Å². The van der Waals surface area contributed by atoms with E-state index in [0.717, 1.165) is 22.3 Å². The molecule has 0 fully saturated rings. The van der Waals surface area contributed by atoms with Crippen LogP contribution in [0.5, 0.6) is 0 Å². The van der Waals surface area contributed by atoms with Crippen molar-refractivity contribution in [3.63, 3.8) is 0 Å². The quantitative estimate of drug-likeness (QED) is 0.760. The number of ether oxygens (including phenoxy) is 1. The van der Waals surface area contributed by atoms with E-state index in [9.17, 15) is 9.90 Å². The van der Waals surface area contributed by atoms with Gasteiger partial charge in [-0.05, 0) is 48.6 Å². The van der Waals surface area contributed by atoms with Crippen LogP contribution >= 0.6 is 0 Å². The van der Waals surface area contributed by atoms with Crippen molar-refractivity contribution >= 4 is 5.91 Å². The molecule has 2 aromatic rings. The number of carbonyl (C=O) groups is 1. The summed E-state index contributed by atoms with van der Waals surface area (Å²) in [7, 11) is 1.66. The van der Waals surface area contributed by atoms with E-state index in [1.54, 1.807) is 7.11 Å². The van der Waals surface area contributed by atoms with E-state index < -0.39 is 5.41 Å². The number of aliphatic hydroxyl groups excluding tert-OH is 1. The minimum Gasteiger partial charge on any atom is -0.394 e. The molecule has 0 aliphatic carbocycles. The molecule has 0 unspecified atom stereocenters. The van der Waals surface area contributed by atoms with Gasteiger partial charge in [-0.3, -0.25) is 4.79 Å². The monoisotopic (exact) mass is 355 g/mol. The molecule has 0 aliphatic heterocycles. The second kappa shape index (κ2) is 8.97. The molecule has 0 heterocycles. The molecule has 2 aromatic carbocycles. The van der Waals surface area contributed by atoms with Crippen LogP contribution in [0.3, 0.4) is 0 Å². The fourth-order valence-corrected chi connectivity index (χ4v) is 3.05. The first-order valence-corrected chi connectivity index (χ1v) is 9.03. The van der Waals surface area contributed by atoms with Gasteiger partial charge in [0.2, 0.25) is 5.91 Å². The standard InChI is InChI=1S/C22H29NO3/c1-5-19(14-24)23-21(25)22(2,3)20-12-11-17(13-18(20)15-26-4)16-9-7-6-8-10-16/h6-13,19,24H,5,14-15H2,1-4H3,(H,23,25)/t19-/m0/s1. The van der Waals surface area contributed by atoms with Crippen molar-refractivity contribution in [2.45, 2.75) is 45.3 Å². The number of nitrogens with one attached hydrogen (secondary N) is 1. The summed E-state index contributed by atoms with van der Waals surface area (Å²) in [6.07, 6.45) is 0.691. The molecule has 4 nitrogen and oxygen atoms in total. The largest absolute Gasteiger partial charge is 0.394 e. The fraction of sp³-hybridized carbons (Fsp3) is 0.409. The Balaban J connectivity index is 2.39. The number of rotatable bonds is 8. The third-order valence-corrected chi connectivity index (χ3v) is 4.80. The summed E-state index contributed by atoms with van der Waals surface area (Å²) in [5, 5.41) is 12.3. The van der Waals surface area contributed by atoms with Crippen LogP contribution in [0.2, 0.25) is 0 Å². The van der Waals surface area contributed by atoms with E-state index in [4.69, 9.17) is 4.74 Å². The van der Waals surface area contributed by atoms with E-state index >= 15 is 0 Å². The predicted octanol–water partition coefficient (Wildman–Crippen LogP) is 3.66. The lowest BCUT2D eigenvalue weighted by Gasteiger charge is -2.29. The van der Waals surface area contributed by atoms with Crippen molar-refractivity contribution in [3.8, 4) is 11.1 Å². The average Bonchev–Trinajstić information content (AvgIpc) is 2.66. The van der Waals surface area contributed by atoms with Crippen LogP contribution in [0.4, 0.5) is 0 Å². The summed E-state index contributed by atoms with van der Waals surface area (Å²) >= 11 is 0. The summed E-state index contributed by atoms with van der Waals surface area (Å²) in [5.41, 5.74) is 3.42. The summed E-state index contributed by atoms with van der Waals surface area (Å²) in [6.45, 7) is 6.13. The molecule has 0 saturated heterocycles. The number of benzene rings is 2. The predicted molar refractivity (Wildman–Crippen MR) is 105 cm³/mol. The average molecular weight is 355 g/mol. The van der Waals surface area contributed by atoms with Crippen molar-refractivity contribution in [1.82, 2.24) is 5.32 Å². The van der Waals surface area contributed by atoms with Crippen molar-refractivity contribution in [1.29, 1.82) is 0 Å². The molecule has 0 bridgehead atoms. The van der Waals surface area contributed by atoms with Crippen LogP contribution in [-0.2, 0) is 21.6 Å². The Bertz CT molecular complexity index is 721. The highest BCUT2D eigenvalue weighted by Crippen LogP contribution is 2.31. The van der Waals surface area contributed by atoms with Crippen LogP contribution in [0.15, 0.2) is 48.5 Å². The maximum Gasteiger partial charge on any atom is 0.230 e. The molecule has 1 atom stereocenters. The highest BCUT2D eigenvalue weighted by molar-refractivity contribution is 5.88. The summed E-state index contributed by atoms with van der Waals surface area (Å²) in [4.78, 5) is 12.8. The van der Waals surface area contributed by atoms with Crippen molar-refractivity contribution in [2.24, 2.45) is 0 Å². The van der Waals surface area contributed by atoms with E-state index in [0.29, 0.717) is 13.0 Å². The van der Waals surface area contributed by atoms with Crippen LogP contribution in [0, 0.1) is 0 Å². The van der Waals surface area contributed by atoms with Crippen LogP contribution in [0.25, 0.3) is 11.1 Å². The normalized spacial score (nSPS) is 12.7. The Hall–Kier alpha value is -2.17. The minimum atomic E-state index is -0.730. The lowest BCUT2D eigenvalue weighted by atomic mass is 9.79. The molecule has 2 rings (SSSR count). The number of carbonyl (C=O) groups excluding carboxylic acids is 1. The van der Waals surface area contributed by atoms with Gasteiger partial charge in [0.15, 0.2) is 0 Å². The van der Waals surface area contributed by atoms with Gasteiger partial charge in [-0.15, -0.1) is 0 Å². The first-order chi connectivity index (χ1) is 12.4. The van der Waals surface area contributed by atoms with Crippen molar-refractivity contribution in [2.75, 3.05) is 13.7 Å². The Kier molecular flexibility index (Phi) is 6.95. The van der Waals surface area contributed by atoms with Crippen LogP contribution < -0.4 is 5.32 Å². The molecular formula is C22H29NO3. The Morgan fingerprint density at radius 3 is 2.42 bits per heavy atom. The highest BCUT2D eigenvalue weighted by atomic mass is 16.5. The minimum absolute atomic E-state index is 0.0593. The molecule has 0 saturated carbocycles. The number of methoxy groups -OCH3 is 1. The molecule has 0 aromatic heterocycles. The maximum atomic E-state index is 12.8. The molecular weight excluding hydrogens is 326 g/mol. The number of aliphatic hydroxyl groups is 1. The summed E-state index contributed by atoms with van der Waals surface area (Å²) < 4.78 is 5.39. The maximum absolute atomic E-state index is 12.8. The van der Waals surface area contributed by atoms with Crippen molar-refractivity contribution in [3.05, 3.63) is 59.7 Å². The third-order valence-electron chi connectivity index (χ3n) is 4.80. The first kappa shape index (κ1) is 20.1. The Morgan fingerprint density at radius 1 is 1.15 bits per heavy atom. The topological polar surface area (TPSA) is 58.6 Å². The highest BCUT2D eigenvalue weighted by Gasteiger charge is 2.33. The van der Waals surface area contributed by atoms with Gasteiger partial charge in [0.1, 0.15) is 0 Å². The summed E-state index contributed by atoms with van der Waals surface area (Å²) in [6, 6.07) is 16.1. The van der Waals surface area contributed by atoms with Crippen LogP contribution in [-0.4, -0.2) is 30.8 Å². The van der Waals surface area contributed by atoms with E-state index in [-0.39, 0.29) is 18.6 Å². The van der Waals surface area contributed by atoms with Crippen LogP contribution in [0.1, 0.15) is 38.3 Å². The molecule has 0 spiro atoms. The lowest BCUT2D eigenvalue weighted by Crippen LogP contribution is -2.46. The van der Waals surface area contributed by atoms with E-state index in [1.165, 1.54) is 0 Å². The number of hydrogen-bond acceptors (Lipinski definition) is 3. The molecule has 140 valence electrons. The Morgan fingerprint density at radius 2 is 1.85 bits per heavy atom. The van der Waals surface area contributed by atoms with Gasteiger partial charge in [-0.25, -0.2) is 0 Å². The molecule has 4 heteroatoms. The zero-order chi connectivity index (χ0) is 19.2. The molecule has 26 heavy (non-hydrogen) atoms. The molecule has 0 radical (unpaired) electrons. The van der Waals surface area contributed by atoms with Gasteiger partial charge < -0.3 is 15.2 Å². The zero-order valence-electron chi connectivity index (χ0n) is 16.1. The third kappa shape index (κ3) is 4.51. The second-order valence-electron chi connectivity index (χ2n) is 7.06.